The van der Waals surface area contributed by atoms with Gasteiger partial charge in [0.05, 0.1) is 4.92 Å². The maximum absolute atomic E-state index is 11.3. The molecule has 0 amide bonds. The average molecular weight is 304 g/mol. The highest BCUT2D eigenvalue weighted by molar-refractivity contribution is 5.61. The highest BCUT2D eigenvalue weighted by atomic mass is 16.6. The highest BCUT2D eigenvalue weighted by Crippen LogP contribution is 2.32. The molecule has 0 aromatic carbocycles. The van der Waals surface area contributed by atoms with E-state index < -0.39 is 0 Å². The quantitative estimate of drug-likeness (QED) is 0.634. The Kier molecular flexibility index (Phi) is 4.29. The van der Waals surface area contributed by atoms with Crippen molar-refractivity contribution in [3.05, 3.63) is 27.9 Å². The Morgan fingerprint density at radius 1 is 1.27 bits per heavy atom. The van der Waals surface area contributed by atoms with Crippen molar-refractivity contribution < 1.29 is 4.92 Å². The van der Waals surface area contributed by atoms with Crippen LogP contribution in [0.3, 0.4) is 0 Å². The molecule has 2 saturated heterocycles. The van der Waals surface area contributed by atoms with Gasteiger partial charge in [-0.05, 0) is 52.1 Å². The van der Waals surface area contributed by atoms with E-state index in [0.29, 0.717) is 23.5 Å². The molecule has 3 heterocycles. The molecular weight excluding hydrogens is 280 g/mol. The van der Waals surface area contributed by atoms with Crippen molar-refractivity contribution in [2.75, 3.05) is 24.5 Å². The minimum atomic E-state index is -0.299. The summed E-state index contributed by atoms with van der Waals surface area (Å²) >= 11 is 0. The molecule has 22 heavy (non-hydrogen) atoms. The first-order valence-electron chi connectivity index (χ1n) is 8.18. The van der Waals surface area contributed by atoms with Crippen molar-refractivity contribution >= 4 is 11.5 Å². The molecular formula is C16H24N4O2. The lowest BCUT2D eigenvalue weighted by Crippen LogP contribution is -2.46. The van der Waals surface area contributed by atoms with Gasteiger partial charge in [0.1, 0.15) is 0 Å². The van der Waals surface area contributed by atoms with Crippen LogP contribution >= 0.6 is 0 Å². The number of nitrogens with zero attached hydrogens (tertiary/aromatic N) is 4. The van der Waals surface area contributed by atoms with Crippen molar-refractivity contribution in [2.24, 2.45) is 0 Å². The monoisotopic (exact) mass is 304 g/mol. The second kappa shape index (κ2) is 6.20. The Hall–Kier alpha value is -1.69. The van der Waals surface area contributed by atoms with Crippen LogP contribution in [0.15, 0.2) is 12.3 Å². The Morgan fingerprint density at radius 3 is 2.59 bits per heavy atom. The number of nitro groups is 1. The molecule has 2 fully saturated rings. The van der Waals surface area contributed by atoms with Gasteiger partial charge in [0, 0.05) is 36.9 Å². The predicted molar refractivity (Wildman–Crippen MR) is 86.3 cm³/mol. The van der Waals surface area contributed by atoms with Crippen LogP contribution in [0.2, 0.25) is 0 Å². The third-order valence-electron chi connectivity index (χ3n) is 5.13. The fourth-order valence-electron chi connectivity index (χ4n) is 3.90. The largest absolute Gasteiger partial charge is 0.351 e. The molecule has 6 nitrogen and oxygen atoms in total. The summed E-state index contributed by atoms with van der Waals surface area (Å²) in [6.45, 7) is 7.00. The number of anilines is 1. The average Bonchev–Trinajstić information content (AvgIpc) is 2.93. The molecule has 120 valence electrons. The molecule has 6 heteroatoms. The smallest absolute Gasteiger partial charge is 0.314 e. The first-order valence-corrected chi connectivity index (χ1v) is 8.18. The zero-order valence-electron chi connectivity index (χ0n) is 13.4. The van der Waals surface area contributed by atoms with Crippen LogP contribution in [0.1, 0.15) is 38.2 Å². The van der Waals surface area contributed by atoms with Gasteiger partial charge in [0.25, 0.3) is 0 Å². The van der Waals surface area contributed by atoms with E-state index in [4.69, 9.17) is 0 Å². The predicted octanol–water partition coefficient (Wildman–Crippen LogP) is 2.75. The summed E-state index contributed by atoms with van der Waals surface area (Å²) in [5, 5.41) is 11.3. The molecule has 2 aliphatic heterocycles. The van der Waals surface area contributed by atoms with Crippen LogP contribution in [0, 0.1) is 17.0 Å². The summed E-state index contributed by atoms with van der Waals surface area (Å²) in [4.78, 5) is 20.0. The van der Waals surface area contributed by atoms with Gasteiger partial charge in [-0.25, -0.2) is 4.98 Å². The van der Waals surface area contributed by atoms with Crippen LogP contribution in [0.25, 0.3) is 0 Å². The highest BCUT2D eigenvalue weighted by Gasteiger charge is 2.32. The maximum Gasteiger partial charge on any atom is 0.314 e. The summed E-state index contributed by atoms with van der Waals surface area (Å²) in [7, 11) is 0. The molecule has 1 unspecified atom stereocenters. The van der Waals surface area contributed by atoms with Gasteiger partial charge in [-0.15, -0.1) is 0 Å². The minimum Gasteiger partial charge on any atom is -0.351 e. The lowest BCUT2D eigenvalue weighted by molar-refractivity contribution is -0.384. The lowest BCUT2D eigenvalue weighted by Gasteiger charge is -2.38. The zero-order valence-corrected chi connectivity index (χ0v) is 13.4. The molecule has 0 spiro atoms. The Labute approximate surface area is 131 Å². The first-order chi connectivity index (χ1) is 10.6. The van der Waals surface area contributed by atoms with E-state index in [0.717, 1.165) is 25.9 Å². The van der Waals surface area contributed by atoms with E-state index in [9.17, 15) is 10.1 Å². The second-order valence-electron chi connectivity index (χ2n) is 6.50. The normalized spacial score (nSPS) is 23.9. The topological polar surface area (TPSA) is 62.5 Å². The number of aryl methyl sites for hydroxylation is 1. The van der Waals surface area contributed by atoms with Crippen LogP contribution in [-0.4, -0.2) is 46.5 Å². The standard InChI is InChI=1S/C16H24N4O2/c1-12-5-8-17-16(15(12)20(21)22)18-10-6-14(7-11-18)19-9-3-4-13(19)2/h5,8,13-14H,3-4,6-7,9-11H2,1-2H3. The molecule has 0 N–H and O–H groups in total. The maximum atomic E-state index is 11.3. The van der Waals surface area contributed by atoms with Crippen LogP contribution in [-0.2, 0) is 0 Å². The van der Waals surface area contributed by atoms with Crippen LogP contribution < -0.4 is 4.90 Å². The molecule has 0 aliphatic carbocycles. The molecule has 0 saturated carbocycles. The van der Waals surface area contributed by atoms with Crippen molar-refractivity contribution in [3.8, 4) is 0 Å². The van der Waals surface area contributed by atoms with Crippen molar-refractivity contribution in [3.63, 3.8) is 0 Å². The van der Waals surface area contributed by atoms with E-state index in [1.807, 2.05) is 0 Å². The van der Waals surface area contributed by atoms with E-state index in [1.165, 1.54) is 19.4 Å². The Bertz CT molecular complexity index is 555. The molecule has 1 aromatic heterocycles. The van der Waals surface area contributed by atoms with Gasteiger partial charge in [-0.2, -0.15) is 0 Å². The van der Waals surface area contributed by atoms with E-state index >= 15 is 0 Å². The van der Waals surface area contributed by atoms with Gasteiger partial charge < -0.3 is 4.90 Å². The summed E-state index contributed by atoms with van der Waals surface area (Å²) in [6, 6.07) is 3.01. The number of aromatic nitrogens is 1. The molecule has 1 atom stereocenters. The van der Waals surface area contributed by atoms with E-state index in [1.54, 1.807) is 19.2 Å². The third-order valence-corrected chi connectivity index (χ3v) is 5.13. The molecule has 3 rings (SSSR count). The number of rotatable bonds is 3. The van der Waals surface area contributed by atoms with Gasteiger partial charge >= 0.3 is 5.69 Å². The number of hydrogen-bond acceptors (Lipinski definition) is 5. The molecule has 0 radical (unpaired) electrons. The fraction of sp³-hybridized carbons (Fsp3) is 0.688. The molecule has 1 aromatic rings. The van der Waals surface area contributed by atoms with Crippen molar-refractivity contribution in [1.29, 1.82) is 0 Å². The van der Waals surface area contributed by atoms with Gasteiger partial charge in [-0.1, -0.05) is 0 Å². The summed E-state index contributed by atoms with van der Waals surface area (Å²) in [5.74, 6) is 0.540. The summed E-state index contributed by atoms with van der Waals surface area (Å²) in [5.41, 5.74) is 0.848. The zero-order chi connectivity index (χ0) is 15.7. The van der Waals surface area contributed by atoms with Crippen LogP contribution in [0.5, 0.6) is 0 Å². The van der Waals surface area contributed by atoms with E-state index in [2.05, 4.69) is 21.7 Å². The number of pyridine rings is 1. The van der Waals surface area contributed by atoms with Crippen molar-refractivity contribution in [2.45, 2.75) is 51.6 Å². The van der Waals surface area contributed by atoms with Crippen molar-refractivity contribution in [1.82, 2.24) is 9.88 Å². The molecule has 0 bridgehead atoms. The minimum absolute atomic E-state index is 0.162. The number of hydrogen-bond donors (Lipinski definition) is 0. The SMILES string of the molecule is Cc1ccnc(N2CCC(N3CCCC3C)CC2)c1[N+](=O)[O-]. The Morgan fingerprint density at radius 2 is 2.00 bits per heavy atom. The summed E-state index contributed by atoms with van der Waals surface area (Å²) in [6.07, 6.45) is 6.40. The lowest BCUT2D eigenvalue weighted by atomic mass is 10.0. The van der Waals surface area contributed by atoms with Gasteiger partial charge in [0.15, 0.2) is 0 Å². The Balaban J connectivity index is 1.72. The first kappa shape index (κ1) is 15.2. The fourth-order valence-corrected chi connectivity index (χ4v) is 3.90. The summed E-state index contributed by atoms with van der Waals surface area (Å²) < 4.78 is 0. The third kappa shape index (κ3) is 2.79. The number of piperidine rings is 1. The van der Waals surface area contributed by atoms with E-state index in [-0.39, 0.29) is 10.6 Å². The number of likely N-dealkylation sites (tertiary alicyclic amines) is 1. The van der Waals surface area contributed by atoms with Crippen LogP contribution in [0.4, 0.5) is 11.5 Å². The van der Waals surface area contributed by atoms with Gasteiger partial charge in [0.2, 0.25) is 5.82 Å². The van der Waals surface area contributed by atoms with Gasteiger partial charge in [-0.3, -0.25) is 15.0 Å². The molecule has 2 aliphatic rings. The second-order valence-corrected chi connectivity index (χ2v) is 6.50.